The molecule has 2 N–H and O–H groups in total. The highest BCUT2D eigenvalue weighted by Crippen LogP contribution is 2.24. The summed E-state index contributed by atoms with van der Waals surface area (Å²) in [6.07, 6.45) is 7.08. The Hall–Kier alpha value is -2.87. The Kier molecular flexibility index (Phi) is 6.09. The molecule has 29 heavy (non-hydrogen) atoms. The maximum Gasteiger partial charge on any atom is 0.191 e. The number of nitrogens with zero attached hydrogens (tertiary/aromatic N) is 4. The molecule has 1 aromatic carbocycles. The summed E-state index contributed by atoms with van der Waals surface area (Å²) in [5, 5.41) is 10.3. The predicted molar refractivity (Wildman–Crippen MR) is 116 cm³/mol. The molecule has 1 aliphatic rings. The lowest BCUT2D eigenvalue weighted by Gasteiger charge is -2.33. The van der Waals surface area contributed by atoms with E-state index < -0.39 is 0 Å². The van der Waals surface area contributed by atoms with E-state index in [0.29, 0.717) is 18.3 Å². The average molecular weight is 413 g/mol. The molecule has 0 saturated carbocycles. The second kappa shape index (κ2) is 9.09. The van der Waals surface area contributed by atoms with Gasteiger partial charge in [-0.15, -0.1) is 11.3 Å². The van der Waals surface area contributed by atoms with Crippen molar-refractivity contribution in [3.63, 3.8) is 0 Å². The molecule has 3 aromatic rings. The van der Waals surface area contributed by atoms with Crippen LogP contribution in [0.25, 0.3) is 5.69 Å². The van der Waals surface area contributed by atoms with Gasteiger partial charge in [0.2, 0.25) is 0 Å². The maximum absolute atomic E-state index is 14.4. The summed E-state index contributed by atoms with van der Waals surface area (Å²) in [5.41, 5.74) is 1.35. The lowest BCUT2D eigenvalue weighted by molar-refractivity contribution is 0.462. The van der Waals surface area contributed by atoms with E-state index in [0.717, 1.165) is 37.5 Å². The van der Waals surface area contributed by atoms with Crippen molar-refractivity contribution in [3.05, 3.63) is 65.8 Å². The molecule has 2 aromatic heterocycles. The zero-order chi connectivity index (χ0) is 20.1. The van der Waals surface area contributed by atoms with E-state index in [1.165, 1.54) is 5.00 Å². The number of guanidine groups is 1. The summed E-state index contributed by atoms with van der Waals surface area (Å²) < 4.78 is 16.1. The number of nitrogens with one attached hydrogen (secondary N) is 2. The molecule has 6 nitrogen and oxygen atoms in total. The normalized spacial score (nSPS) is 15.5. The first kappa shape index (κ1) is 19.4. The zero-order valence-electron chi connectivity index (χ0n) is 16.4. The minimum absolute atomic E-state index is 0.272. The molecule has 0 aliphatic carbocycles. The highest BCUT2D eigenvalue weighted by Gasteiger charge is 2.20. The van der Waals surface area contributed by atoms with Crippen LogP contribution in [0.4, 0.5) is 9.39 Å². The van der Waals surface area contributed by atoms with Gasteiger partial charge in [0, 0.05) is 45.1 Å². The fourth-order valence-corrected chi connectivity index (χ4v) is 4.32. The first-order chi connectivity index (χ1) is 14.2. The van der Waals surface area contributed by atoms with Crippen LogP contribution >= 0.6 is 11.3 Å². The third-order valence-corrected chi connectivity index (χ3v) is 6.06. The summed E-state index contributed by atoms with van der Waals surface area (Å²) in [6, 6.07) is 9.90. The number of rotatable bonds is 5. The van der Waals surface area contributed by atoms with E-state index in [4.69, 9.17) is 0 Å². The van der Waals surface area contributed by atoms with Crippen molar-refractivity contribution in [1.82, 2.24) is 20.2 Å². The SMILES string of the molecule is CN=C(NCc1ccc(-n2ccnc2)c(F)c1)NC1CCN(c2cccs2)CC1. The van der Waals surface area contributed by atoms with Gasteiger partial charge in [0.25, 0.3) is 0 Å². The molecule has 0 bridgehead atoms. The van der Waals surface area contributed by atoms with E-state index in [1.807, 2.05) is 6.07 Å². The number of thiophene rings is 1. The summed E-state index contributed by atoms with van der Waals surface area (Å²) in [6.45, 7) is 2.58. The van der Waals surface area contributed by atoms with Gasteiger partial charge in [-0.3, -0.25) is 4.99 Å². The highest BCUT2D eigenvalue weighted by molar-refractivity contribution is 7.14. The van der Waals surface area contributed by atoms with Crippen LogP contribution in [-0.2, 0) is 6.54 Å². The molecule has 8 heteroatoms. The summed E-state index contributed by atoms with van der Waals surface area (Å²) in [7, 11) is 1.76. The van der Waals surface area contributed by atoms with Gasteiger partial charge < -0.3 is 20.1 Å². The van der Waals surface area contributed by atoms with Gasteiger partial charge in [-0.25, -0.2) is 9.37 Å². The van der Waals surface area contributed by atoms with Crippen molar-refractivity contribution in [1.29, 1.82) is 0 Å². The molecule has 0 unspecified atom stereocenters. The van der Waals surface area contributed by atoms with Crippen LogP contribution in [-0.4, -0.2) is 41.7 Å². The molecule has 4 rings (SSSR count). The van der Waals surface area contributed by atoms with Crippen LogP contribution in [0.5, 0.6) is 0 Å². The van der Waals surface area contributed by atoms with Crippen molar-refractivity contribution < 1.29 is 4.39 Å². The molecule has 1 saturated heterocycles. The fourth-order valence-electron chi connectivity index (χ4n) is 3.54. The number of aromatic nitrogens is 2. The van der Waals surface area contributed by atoms with Crippen LogP contribution in [0.3, 0.4) is 0 Å². The Balaban J connectivity index is 1.28. The van der Waals surface area contributed by atoms with Crippen molar-refractivity contribution in [2.45, 2.75) is 25.4 Å². The Morgan fingerprint density at radius 2 is 2.17 bits per heavy atom. The molecule has 152 valence electrons. The Labute approximate surface area is 174 Å². The molecule has 1 fully saturated rings. The number of halogens is 1. The number of anilines is 1. The molecule has 1 aliphatic heterocycles. The predicted octanol–water partition coefficient (Wildman–Crippen LogP) is 3.41. The van der Waals surface area contributed by atoms with Crippen LogP contribution in [0.1, 0.15) is 18.4 Å². The minimum atomic E-state index is -0.272. The smallest absolute Gasteiger partial charge is 0.191 e. The number of imidazole rings is 1. The van der Waals surface area contributed by atoms with Crippen LogP contribution in [0, 0.1) is 5.82 Å². The molecule has 3 heterocycles. The second-order valence-corrected chi connectivity index (χ2v) is 7.96. The molecular weight excluding hydrogens is 387 g/mol. The van der Waals surface area contributed by atoms with E-state index in [2.05, 4.69) is 43.0 Å². The molecular formula is C21H25FN6S. The first-order valence-corrected chi connectivity index (χ1v) is 10.6. The fraction of sp³-hybridized carbons (Fsp3) is 0.333. The lowest BCUT2D eigenvalue weighted by atomic mass is 10.1. The topological polar surface area (TPSA) is 57.5 Å². The number of benzene rings is 1. The van der Waals surface area contributed by atoms with Gasteiger partial charge in [0.15, 0.2) is 5.96 Å². The average Bonchev–Trinajstić information content (AvgIpc) is 3.46. The summed E-state index contributed by atoms with van der Waals surface area (Å²) in [4.78, 5) is 10.7. The van der Waals surface area contributed by atoms with Gasteiger partial charge in [-0.05, 0) is 48.1 Å². The summed E-state index contributed by atoms with van der Waals surface area (Å²) >= 11 is 1.79. The summed E-state index contributed by atoms with van der Waals surface area (Å²) in [5.74, 6) is 0.477. The Morgan fingerprint density at radius 3 is 2.83 bits per heavy atom. The van der Waals surface area contributed by atoms with Crippen LogP contribution < -0.4 is 15.5 Å². The van der Waals surface area contributed by atoms with Gasteiger partial charge in [0.1, 0.15) is 5.82 Å². The van der Waals surface area contributed by atoms with Gasteiger partial charge in [0.05, 0.1) is 17.0 Å². The van der Waals surface area contributed by atoms with Crippen molar-refractivity contribution in [3.8, 4) is 5.69 Å². The van der Waals surface area contributed by atoms with E-state index in [9.17, 15) is 4.39 Å². The van der Waals surface area contributed by atoms with Crippen LogP contribution in [0.15, 0.2) is 59.4 Å². The Bertz CT molecular complexity index is 930. The number of hydrogen-bond donors (Lipinski definition) is 2. The Morgan fingerprint density at radius 1 is 1.31 bits per heavy atom. The molecule has 0 radical (unpaired) electrons. The molecule has 0 spiro atoms. The van der Waals surface area contributed by atoms with Crippen molar-refractivity contribution in [2.75, 3.05) is 25.0 Å². The number of aliphatic imine (C=N–C) groups is 1. The number of hydrogen-bond acceptors (Lipinski definition) is 4. The largest absolute Gasteiger partial charge is 0.363 e. The zero-order valence-corrected chi connectivity index (χ0v) is 17.2. The van der Waals surface area contributed by atoms with Crippen molar-refractivity contribution >= 4 is 22.3 Å². The number of piperidine rings is 1. The third kappa shape index (κ3) is 4.76. The minimum Gasteiger partial charge on any atom is -0.363 e. The van der Waals surface area contributed by atoms with E-state index >= 15 is 0 Å². The van der Waals surface area contributed by atoms with E-state index in [1.54, 1.807) is 53.8 Å². The molecule has 0 amide bonds. The van der Waals surface area contributed by atoms with Gasteiger partial charge >= 0.3 is 0 Å². The third-order valence-electron chi connectivity index (χ3n) is 5.13. The monoisotopic (exact) mass is 412 g/mol. The lowest BCUT2D eigenvalue weighted by Crippen LogP contribution is -2.48. The maximum atomic E-state index is 14.4. The van der Waals surface area contributed by atoms with Crippen molar-refractivity contribution in [2.24, 2.45) is 4.99 Å². The first-order valence-electron chi connectivity index (χ1n) is 9.75. The standard InChI is InChI=1S/C21H25FN6S/c1-23-21(26-17-6-9-27(10-7-17)20-3-2-12-29-20)25-14-16-4-5-19(18(22)13-16)28-11-8-24-15-28/h2-5,8,11-13,15,17H,6-7,9-10,14H2,1H3,(H2,23,25,26). The van der Waals surface area contributed by atoms with Gasteiger partial charge in [-0.2, -0.15) is 0 Å². The second-order valence-electron chi connectivity index (χ2n) is 7.04. The highest BCUT2D eigenvalue weighted by atomic mass is 32.1. The van der Waals surface area contributed by atoms with Gasteiger partial charge in [-0.1, -0.05) is 6.07 Å². The van der Waals surface area contributed by atoms with Crippen LogP contribution in [0.2, 0.25) is 0 Å². The quantitative estimate of drug-likeness (QED) is 0.498. The van der Waals surface area contributed by atoms with E-state index in [-0.39, 0.29) is 5.82 Å². The molecule has 0 atom stereocenters.